The number of aliphatic hydroxyl groups is 3. The fourth-order valence-corrected chi connectivity index (χ4v) is 8.33. The molecule has 0 radical (unpaired) electrons. The largest absolute Gasteiger partial charge is 0.393 e. The molecule has 2 aromatic heterocycles. The summed E-state index contributed by atoms with van der Waals surface area (Å²) in [7, 11) is 0. The summed E-state index contributed by atoms with van der Waals surface area (Å²) in [6, 6.07) is 0. The molecule has 4 aliphatic carbocycles. The van der Waals surface area contributed by atoms with Crippen molar-refractivity contribution >= 4 is 34.9 Å². The Balaban J connectivity index is 0.000000233. The molecule has 37 heavy (non-hydrogen) atoms. The van der Waals surface area contributed by atoms with Gasteiger partial charge in [-0.15, -0.1) is 0 Å². The first-order chi connectivity index (χ1) is 17.5. The highest BCUT2D eigenvalue weighted by atomic mass is 32.1. The van der Waals surface area contributed by atoms with Crippen molar-refractivity contribution in [3.63, 3.8) is 0 Å². The first-order valence-corrected chi connectivity index (χ1v) is 13.2. The van der Waals surface area contributed by atoms with E-state index in [0.717, 1.165) is 29.6 Å². The topological polar surface area (TPSA) is 152 Å². The molecule has 2 aromatic rings. The van der Waals surface area contributed by atoms with Crippen molar-refractivity contribution in [2.75, 3.05) is 6.61 Å². The summed E-state index contributed by atoms with van der Waals surface area (Å²) in [6.07, 6.45) is 9.98. The van der Waals surface area contributed by atoms with Crippen LogP contribution in [0.5, 0.6) is 0 Å². The molecule has 5 N–H and O–H groups in total. The highest BCUT2D eigenvalue weighted by molar-refractivity contribution is 7.71. The van der Waals surface area contributed by atoms with Gasteiger partial charge in [0.15, 0.2) is 21.9 Å². The Hall–Kier alpha value is -2.53. The summed E-state index contributed by atoms with van der Waals surface area (Å²) in [4.78, 5) is 37.9. The van der Waals surface area contributed by atoms with E-state index in [1.54, 1.807) is 18.5 Å². The third kappa shape index (κ3) is 3.79. The van der Waals surface area contributed by atoms with E-state index < -0.39 is 29.5 Å². The average Bonchev–Trinajstić information content (AvgIpc) is 3.44. The molecule has 3 fully saturated rings. The molecular formula is C27H34N4O5S. The van der Waals surface area contributed by atoms with Crippen LogP contribution in [0.2, 0.25) is 0 Å². The summed E-state index contributed by atoms with van der Waals surface area (Å²) in [5.74, 6) is -0.0768. The molecule has 3 saturated carbocycles. The minimum Gasteiger partial charge on any atom is -0.393 e. The minimum atomic E-state index is -1.57. The maximum atomic E-state index is 12.4. The van der Waals surface area contributed by atoms with Crippen LogP contribution in [0, 0.1) is 39.1 Å². The highest BCUT2D eigenvalue weighted by Crippen LogP contribution is 2.67. The number of carbonyl (C=O) groups is 2. The fraction of sp³-hybridized carbons (Fsp3) is 0.593. The zero-order valence-electron chi connectivity index (χ0n) is 21.3. The number of allylic oxidation sites excluding steroid dienone is 4. The Morgan fingerprint density at radius 3 is 2.68 bits per heavy atom. The molecular weight excluding hydrogens is 492 g/mol. The van der Waals surface area contributed by atoms with Crippen molar-refractivity contribution in [2.24, 2.45) is 34.5 Å². The van der Waals surface area contributed by atoms with Gasteiger partial charge in [0, 0.05) is 16.7 Å². The summed E-state index contributed by atoms with van der Waals surface area (Å²) >= 11 is 4.91. The first kappa shape index (κ1) is 26.1. The number of nitrogens with zero attached hydrogens (tertiary/aromatic N) is 2. The SMILES string of the molecule is C[C@H]1C[C@@H]2[C@H]([C@@H](O)C[C@@]3(C)[C@H]2CC[C@]3(O)C(=O)CO)[C@@]2(C)C=CC(=O)C=C12.S=c1nc[nH]c2nc[nH]c12. The lowest BCUT2D eigenvalue weighted by Gasteiger charge is -2.60. The number of Topliss-reactive ketones (excluding diaryl/α,β-unsaturated/α-hetero) is 1. The number of rotatable bonds is 2. The monoisotopic (exact) mass is 526 g/mol. The number of hydrogen-bond donors (Lipinski definition) is 5. The number of aliphatic hydroxyl groups excluding tert-OH is 2. The third-order valence-corrected chi connectivity index (χ3v) is 10.1. The number of aromatic amines is 2. The van der Waals surface area contributed by atoms with Crippen LogP contribution in [0.15, 0.2) is 36.5 Å². The Bertz CT molecular complexity index is 1370. The van der Waals surface area contributed by atoms with Gasteiger partial charge < -0.3 is 25.3 Å². The molecule has 10 heteroatoms. The van der Waals surface area contributed by atoms with E-state index in [1.165, 1.54) is 6.33 Å². The summed E-state index contributed by atoms with van der Waals surface area (Å²) in [6.45, 7) is 5.48. The molecule has 198 valence electrons. The molecule has 0 aliphatic heterocycles. The maximum Gasteiger partial charge on any atom is 0.190 e. The Labute approximate surface area is 220 Å². The molecule has 9 nitrogen and oxygen atoms in total. The van der Waals surface area contributed by atoms with Gasteiger partial charge in [-0.1, -0.05) is 44.6 Å². The minimum absolute atomic E-state index is 0.00620. The maximum absolute atomic E-state index is 12.4. The summed E-state index contributed by atoms with van der Waals surface area (Å²) < 4.78 is 0.547. The van der Waals surface area contributed by atoms with Crippen molar-refractivity contribution < 1.29 is 24.9 Å². The van der Waals surface area contributed by atoms with Crippen LogP contribution >= 0.6 is 12.2 Å². The molecule has 6 rings (SSSR count). The van der Waals surface area contributed by atoms with E-state index in [2.05, 4.69) is 33.8 Å². The molecule has 4 aliphatic rings. The highest BCUT2D eigenvalue weighted by Gasteiger charge is 2.68. The van der Waals surface area contributed by atoms with E-state index in [-0.39, 0.29) is 34.9 Å². The quantitative estimate of drug-likeness (QED) is 0.375. The Morgan fingerprint density at radius 2 is 1.97 bits per heavy atom. The number of carbonyl (C=O) groups excluding carboxylic acids is 2. The third-order valence-electron chi connectivity index (χ3n) is 9.81. The smallest absolute Gasteiger partial charge is 0.190 e. The second-order valence-electron chi connectivity index (χ2n) is 11.6. The number of imidazole rings is 1. The van der Waals surface area contributed by atoms with Crippen LogP contribution in [-0.4, -0.2) is 65.1 Å². The number of H-pyrrole nitrogens is 2. The van der Waals surface area contributed by atoms with Crippen molar-refractivity contribution in [2.45, 2.75) is 58.2 Å². The summed E-state index contributed by atoms with van der Waals surface area (Å²) in [5, 5.41) is 31.9. The van der Waals surface area contributed by atoms with Crippen molar-refractivity contribution in [1.29, 1.82) is 0 Å². The van der Waals surface area contributed by atoms with Crippen molar-refractivity contribution in [3.8, 4) is 0 Å². The fourth-order valence-electron chi connectivity index (χ4n) is 8.13. The van der Waals surface area contributed by atoms with Crippen LogP contribution in [0.1, 0.15) is 46.5 Å². The Kier molecular flexibility index (Phi) is 6.38. The molecule has 0 aromatic carbocycles. The van der Waals surface area contributed by atoms with Crippen LogP contribution in [-0.2, 0) is 9.59 Å². The number of hydrogen-bond acceptors (Lipinski definition) is 8. The lowest BCUT2D eigenvalue weighted by molar-refractivity contribution is -0.180. The summed E-state index contributed by atoms with van der Waals surface area (Å²) in [5.41, 5.74) is -0.0507. The lowest BCUT2D eigenvalue weighted by atomic mass is 9.45. The molecule has 2 heterocycles. The first-order valence-electron chi connectivity index (χ1n) is 12.8. The van der Waals surface area contributed by atoms with Gasteiger partial charge in [-0.25, -0.2) is 9.97 Å². The van der Waals surface area contributed by atoms with Gasteiger partial charge in [0.25, 0.3) is 0 Å². The number of ketones is 2. The second kappa shape index (κ2) is 9.04. The predicted octanol–water partition coefficient (Wildman–Crippen LogP) is 2.82. The van der Waals surface area contributed by atoms with E-state index >= 15 is 0 Å². The van der Waals surface area contributed by atoms with Gasteiger partial charge in [-0.3, -0.25) is 9.59 Å². The van der Waals surface area contributed by atoms with Gasteiger partial charge in [0.2, 0.25) is 0 Å². The molecule has 0 saturated heterocycles. The van der Waals surface area contributed by atoms with E-state index in [0.29, 0.717) is 17.5 Å². The molecule has 0 bridgehead atoms. The number of nitrogens with one attached hydrogen (secondary N) is 2. The number of aromatic nitrogens is 4. The van der Waals surface area contributed by atoms with Crippen LogP contribution in [0.4, 0.5) is 0 Å². The number of fused-ring (bicyclic) bond motifs is 6. The Morgan fingerprint density at radius 1 is 1.24 bits per heavy atom. The van der Waals surface area contributed by atoms with Gasteiger partial charge in [0.05, 0.1) is 18.8 Å². The zero-order valence-corrected chi connectivity index (χ0v) is 22.1. The van der Waals surface area contributed by atoms with Gasteiger partial charge >= 0.3 is 0 Å². The van der Waals surface area contributed by atoms with Crippen molar-refractivity contribution in [1.82, 2.24) is 19.9 Å². The zero-order chi connectivity index (χ0) is 26.8. The molecule has 0 unspecified atom stereocenters. The van der Waals surface area contributed by atoms with Crippen LogP contribution in [0.25, 0.3) is 11.2 Å². The molecule has 0 amide bonds. The van der Waals surface area contributed by atoms with Gasteiger partial charge in [-0.2, -0.15) is 0 Å². The van der Waals surface area contributed by atoms with Gasteiger partial charge in [-0.05, 0) is 55.6 Å². The van der Waals surface area contributed by atoms with Crippen molar-refractivity contribution in [3.05, 3.63) is 41.1 Å². The van der Waals surface area contributed by atoms with Crippen LogP contribution < -0.4 is 0 Å². The van der Waals surface area contributed by atoms with E-state index in [1.807, 2.05) is 13.0 Å². The molecule has 0 spiro atoms. The van der Waals surface area contributed by atoms with E-state index in [9.17, 15) is 24.9 Å². The average molecular weight is 527 g/mol. The lowest BCUT2D eigenvalue weighted by Crippen LogP contribution is -2.62. The normalized spacial score (nSPS) is 40.2. The second-order valence-corrected chi connectivity index (χ2v) is 11.9. The predicted molar refractivity (Wildman–Crippen MR) is 139 cm³/mol. The standard InChI is InChI=1S/C22H30O5.C5H4N4S/c1-12-8-14-15-5-7-22(27,18(26)11-23)21(15,3)10-17(25)19(14)20(2)6-4-13(24)9-16(12)20;10-5-3-4(7-1-6-3)8-2-9-5/h4,6,9,12,14-15,17,19,23,25,27H,5,7-8,10-11H2,1-3H3;1-2H,(H2,6,7,8,9,10)/t12-,14-,15-,17-,19+,20-,21-,22-;/m0./s1. The van der Waals surface area contributed by atoms with Crippen LogP contribution in [0.3, 0.4) is 0 Å². The van der Waals surface area contributed by atoms with Gasteiger partial charge in [0.1, 0.15) is 17.7 Å². The van der Waals surface area contributed by atoms with E-state index in [4.69, 9.17) is 12.2 Å². The molecule has 8 atom stereocenters.